The molecule has 1 saturated heterocycles. The van der Waals surface area contributed by atoms with Gasteiger partial charge in [-0.2, -0.15) is 0 Å². The van der Waals surface area contributed by atoms with Crippen molar-refractivity contribution < 1.29 is 14.3 Å². The number of furan rings is 1. The van der Waals surface area contributed by atoms with Crippen molar-refractivity contribution in [2.45, 2.75) is 44.3 Å². The van der Waals surface area contributed by atoms with Crippen molar-refractivity contribution in [3.05, 3.63) is 24.2 Å². The minimum atomic E-state index is -0.782. The molecule has 0 amide bonds. The lowest BCUT2D eigenvalue weighted by Gasteiger charge is -2.42. The van der Waals surface area contributed by atoms with Crippen molar-refractivity contribution in [2.24, 2.45) is 0 Å². The van der Waals surface area contributed by atoms with Gasteiger partial charge in [-0.3, -0.25) is 0 Å². The van der Waals surface area contributed by atoms with Crippen LogP contribution in [-0.2, 0) is 10.3 Å². The third-order valence-electron chi connectivity index (χ3n) is 3.44. The molecule has 1 aliphatic heterocycles. The summed E-state index contributed by atoms with van der Waals surface area (Å²) in [7, 11) is 0. The van der Waals surface area contributed by atoms with E-state index in [-0.39, 0.29) is 5.60 Å². The van der Waals surface area contributed by atoms with Crippen molar-refractivity contribution in [1.29, 1.82) is 0 Å². The summed E-state index contributed by atoms with van der Waals surface area (Å²) in [4.78, 5) is 0. The Morgan fingerprint density at radius 2 is 2.33 bits per heavy atom. The second kappa shape index (κ2) is 3.65. The smallest absolute Gasteiger partial charge is 0.0976 e. The fraction of sp³-hybridized carbons (Fsp3) is 0.667. The molecule has 0 spiro atoms. The molecule has 0 saturated carbocycles. The molecular formula is C12H18O3. The van der Waals surface area contributed by atoms with Crippen LogP contribution in [0.25, 0.3) is 0 Å². The van der Waals surface area contributed by atoms with Gasteiger partial charge in [0.15, 0.2) is 0 Å². The summed E-state index contributed by atoms with van der Waals surface area (Å²) in [6.45, 7) is 4.74. The van der Waals surface area contributed by atoms with Crippen LogP contribution in [0.1, 0.15) is 38.7 Å². The summed E-state index contributed by atoms with van der Waals surface area (Å²) in [5.41, 5.74) is -0.134. The second-order valence-corrected chi connectivity index (χ2v) is 4.62. The topological polar surface area (TPSA) is 42.6 Å². The van der Waals surface area contributed by atoms with Crippen LogP contribution in [0.5, 0.6) is 0 Å². The van der Waals surface area contributed by atoms with Crippen LogP contribution in [0.2, 0.25) is 0 Å². The van der Waals surface area contributed by atoms with E-state index in [9.17, 15) is 5.11 Å². The second-order valence-electron chi connectivity index (χ2n) is 4.62. The monoisotopic (exact) mass is 210 g/mol. The van der Waals surface area contributed by atoms with Crippen molar-refractivity contribution in [1.82, 2.24) is 0 Å². The van der Waals surface area contributed by atoms with E-state index in [1.807, 2.05) is 6.07 Å². The Balaban J connectivity index is 2.22. The fourth-order valence-corrected chi connectivity index (χ4v) is 2.23. The average Bonchev–Trinajstić information content (AvgIpc) is 2.71. The lowest BCUT2D eigenvalue weighted by atomic mass is 9.78. The molecule has 1 N–H and O–H groups in total. The quantitative estimate of drug-likeness (QED) is 0.815. The Kier molecular flexibility index (Phi) is 2.61. The minimum Gasteiger partial charge on any atom is -0.472 e. The van der Waals surface area contributed by atoms with Crippen LogP contribution in [0.3, 0.4) is 0 Å². The molecule has 0 aliphatic carbocycles. The van der Waals surface area contributed by atoms with E-state index in [2.05, 4.69) is 13.8 Å². The van der Waals surface area contributed by atoms with Crippen molar-refractivity contribution in [3.63, 3.8) is 0 Å². The molecule has 2 rings (SSSR count). The van der Waals surface area contributed by atoms with Gasteiger partial charge in [0.05, 0.1) is 30.3 Å². The van der Waals surface area contributed by atoms with E-state index in [1.165, 1.54) is 0 Å². The first-order chi connectivity index (χ1) is 7.08. The van der Waals surface area contributed by atoms with E-state index < -0.39 is 5.60 Å². The van der Waals surface area contributed by atoms with Crippen LogP contribution in [0.15, 0.2) is 23.0 Å². The fourth-order valence-electron chi connectivity index (χ4n) is 2.23. The molecule has 0 aromatic carbocycles. The lowest BCUT2D eigenvalue weighted by Crippen LogP contribution is -2.45. The van der Waals surface area contributed by atoms with Crippen LogP contribution in [0, 0.1) is 0 Å². The Hall–Kier alpha value is -0.800. The summed E-state index contributed by atoms with van der Waals surface area (Å²) in [6.07, 6.45) is 5.42. The molecule has 2 unspecified atom stereocenters. The molecule has 2 heterocycles. The zero-order valence-electron chi connectivity index (χ0n) is 9.32. The maximum Gasteiger partial charge on any atom is 0.0976 e. The van der Waals surface area contributed by atoms with Crippen LogP contribution < -0.4 is 0 Å². The first-order valence-electron chi connectivity index (χ1n) is 5.47. The number of rotatable bonds is 2. The number of hydrogen-bond acceptors (Lipinski definition) is 3. The Labute approximate surface area is 90.0 Å². The molecule has 1 aromatic rings. The third-order valence-corrected chi connectivity index (χ3v) is 3.44. The molecule has 1 aromatic heterocycles. The van der Waals surface area contributed by atoms with Gasteiger partial charge in [-0.25, -0.2) is 0 Å². The maximum atomic E-state index is 10.6. The van der Waals surface area contributed by atoms with Gasteiger partial charge in [-0.15, -0.1) is 0 Å². The van der Waals surface area contributed by atoms with E-state index in [0.29, 0.717) is 19.4 Å². The molecule has 84 valence electrons. The molecule has 1 aliphatic rings. The predicted octanol–water partition coefficient (Wildman–Crippen LogP) is 2.45. The zero-order chi connectivity index (χ0) is 10.9. The molecule has 0 bridgehead atoms. The predicted molar refractivity (Wildman–Crippen MR) is 56.5 cm³/mol. The summed E-state index contributed by atoms with van der Waals surface area (Å²) in [6, 6.07) is 1.83. The van der Waals surface area contributed by atoms with Gasteiger partial charge in [0.25, 0.3) is 0 Å². The first-order valence-corrected chi connectivity index (χ1v) is 5.47. The third kappa shape index (κ3) is 1.94. The Morgan fingerprint density at radius 3 is 2.93 bits per heavy atom. The standard InChI is InChI=1S/C12H18O3/c1-3-11(2)9-12(13,5-7-15-11)10-4-6-14-8-10/h4,6,8,13H,3,5,7,9H2,1-2H3. The summed E-state index contributed by atoms with van der Waals surface area (Å²) in [5.74, 6) is 0. The van der Waals surface area contributed by atoms with E-state index in [4.69, 9.17) is 9.15 Å². The Bertz CT molecular complexity index is 320. The van der Waals surface area contributed by atoms with E-state index >= 15 is 0 Å². The van der Waals surface area contributed by atoms with E-state index in [0.717, 1.165) is 12.0 Å². The van der Waals surface area contributed by atoms with Gasteiger partial charge in [0.1, 0.15) is 0 Å². The maximum absolute atomic E-state index is 10.6. The highest BCUT2D eigenvalue weighted by molar-refractivity contribution is 5.18. The molecule has 3 nitrogen and oxygen atoms in total. The zero-order valence-corrected chi connectivity index (χ0v) is 9.32. The molecule has 0 radical (unpaired) electrons. The first kappa shape index (κ1) is 10.7. The summed E-state index contributed by atoms with van der Waals surface area (Å²) < 4.78 is 10.8. The van der Waals surface area contributed by atoms with E-state index in [1.54, 1.807) is 12.5 Å². The van der Waals surface area contributed by atoms with Gasteiger partial charge in [-0.05, 0) is 19.4 Å². The molecular weight excluding hydrogens is 192 g/mol. The van der Waals surface area contributed by atoms with Gasteiger partial charge in [-0.1, -0.05) is 6.92 Å². The van der Waals surface area contributed by atoms with Crippen molar-refractivity contribution in [3.8, 4) is 0 Å². The lowest BCUT2D eigenvalue weighted by molar-refractivity contribution is -0.157. The van der Waals surface area contributed by atoms with Crippen LogP contribution in [-0.4, -0.2) is 17.3 Å². The Morgan fingerprint density at radius 1 is 1.53 bits per heavy atom. The highest BCUT2D eigenvalue weighted by Gasteiger charge is 2.42. The normalized spacial score (nSPS) is 36.7. The SMILES string of the molecule is CCC1(C)CC(O)(c2ccoc2)CCO1. The summed E-state index contributed by atoms with van der Waals surface area (Å²) >= 11 is 0. The largest absolute Gasteiger partial charge is 0.472 e. The molecule has 15 heavy (non-hydrogen) atoms. The summed E-state index contributed by atoms with van der Waals surface area (Å²) in [5, 5.41) is 10.6. The minimum absolute atomic E-state index is 0.218. The van der Waals surface area contributed by atoms with Crippen LogP contribution >= 0.6 is 0 Å². The van der Waals surface area contributed by atoms with Gasteiger partial charge in [0.2, 0.25) is 0 Å². The average molecular weight is 210 g/mol. The molecule has 3 heteroatoms. The van der Waals surface area contributed by atoms with Gasteiger partial charge in [0, 0.05) is 18.4 Å². The van der Waals surface area contributed by atoms with Crippen molar-refractivity contribution in [2.75, 3.05) is 6.61 Å². The van der Waals surface area contributed by atoms with Crippen molar-refractivity contribution >= 4 is 0 Å². The number of ether oxygens (including phenoxy) is 1. The number of aliphatic hydroxyl groups is 1. The van der Waals surface area contributed by atoms with Gasteiger partial charge < -0.3 is 14.3 Å². The van der Waals surface area contributed by atoms with Gasteiger partial charge >= 0.3 is 0 Å². The van der Waals surface area contributed by atoms with Crippen LogP contribution in [0.4, 0.5) is 0 Å². The number of hydrogen-bond donors (Lipinski definition) is 1. The molecule has 2 atom stereocenters. The molecule has 1 fully saturated rings. The highest BCUT2D eigenvalue weighted by atomic mass is 16.5. The highest BCUT2D eigenvalue weighted by Crippen LogP contribution is 2.40.